The van der Waals surface area contributed by atoms with E-state index < -0.39 is 0 Å². The van der Waals surface area contributed by atoms with Crippen molar-refractivity contribution in [3.8, 4) is 0 Å². The summed E-state index contributed by atoms with van der Waals surface area (Å²) in [7, 11) is 2.09. The van der Waals surface area contributed by atoms with Crippen molar-refractivity contribution in [2.24, 2.45) is 5.41 Å². The highest BCUT2D eigenvalue weighted by Crippen LogP contribution is 2.36. The monoisotopic (exact) mass is 289 g/mol. The van der Waals surface area contributed by atoms with E-state index in [0.717, 1.165) is 25.3 Å². The Hall–Kier alpha value is -0.930. The molecule has 1 fully saturated rings. The fourth-order valence-corrected chi connectivity index (χ4v) is 3.74. The van der Waals surface area contributed by atoms with Gasteiger partial charge in [0.2, 0.25) is 0 Å². The molecule has 0 radical (unpaired) electrons. The van der Waals surface area contributed by atoms with Crippen LogP contribution in [0.4, 0.5) is 0 Å². The molecule has 21 heavy (non-hydrogen) atoms. The van der Waals surface area contributed by atoms with Gasteiger partial charge in [-0.05, 0) is 50.9 Å². The van der Waals surface area contributed by atoms with Crippen LogP contribution in [0.3, 0.4) is 0 Å². The second-order valence-corrected chi connectivity index (χ2v) is 6.66. The Kier molecular flexibility index (Phi) is 6.19. The van der Waals surface area contributed by atoms with Crippen molar-refractivity contribution in [1.29, 1.82) is 0 Å². The maximum absolute atomic E-state index is 4.67. The summed E-state index contributed by atoms with van der Waals surface area (Å²) in [5.41, 5.74) is 2.78. The first kappa shape index (κ1) is 16.4. The van der Waals surface area contributed by atoms with Crippen LogP contribution >= 0.6 is 0 Å². The molecular weight excluding hydrogens is 258 g/mol. The van der Waals surface area contributed by atoms with E-state index in [1.807, 2.05) is 0 Å². The average molecular weight is 289 g/mol. The van der Waals surface area contributed by atoms with Crippen LogP contribution in [0, 0.1) is 12.3 Å². The quantitative estimate of drug-likeness (QED) is 0.834. The molecule has 1 aromatic heterocycles. The second-order valence-electron chi connectivity index (χ2n) is 6.66. The lowest BCUT2D eigenvalue weighted by molar-refractivity contribution is 0.102. The van der Waals surface area contributed by atoms with Crippen LogP contribution in [0.15, 0.2) is 18.2 Å². The molecular formula is C18H31N3. The predicted octanol–water partition coefficient (Wildman–Crippen LogP) is 3.38. The van der Waals surface area contributed by atoms with E-state index >= 15 is 0 Å². The zero-order chi connectivity index (χ0) is 15.1. The largest absolute Gasteiger partial charge is 0.319 e. The fourth-order valence-electron chi connectivity index (χ4n) is 3.74. The lowest BCUT2D eigenvalue weighted by atomic mass is 9.73. The van der Waals surface area contributed by atoms with Gasteiger partial charge in [-0.2, -0.15) is 0 Å². The number of pyridine rings is 1. The van der Waals surface area contributed by atoms with Crippen LogP contribution < -0.4 is 5.32 Å². The van der Waals surface area contributed by atoms with Gasteiger partial charge in [-0.1, -0.05) is 32.3 Å². The van der Waals surface area contributed by atoms with Gasteiger partial charge in [0.15, 0.2) is 0 Å². The zero-order valence-electron chi connectivity index (χ0n) is 14.0. The van der Waals surface area contributed by atoms with E-state index in [1.54, 1.807) is 0 Å². The summed E-state index contributed by atoms with van der Waals surface area (Å²) in [6.45, 7) is 8.75. The Morgan fingerprint density at radius 2 is 2.00 bits per heavy atom. The number of rotatable bonds is 7. The van der Waals surface area contributed by atoms with E-state index in [-0.39, 0.29) is 0 Å². The Labute approximate surface area is 130 Å². The minimum atomic E-state index is 0.465. The molecule has 1 aromatic rings. The number of aryl methyl sites for hydroxylation is 1. The minimum absolute atomic E-state index is 0.465. The Bertz CT molecular complexity index is 419. The minimum Gasteiger partial charge on any atom is -0.319 e. The molecule has 1 saturated carbocycles. The lowest BCUT2D eigenvalue weighted by Crippen LogP contribution is -2.44. The smallest absolute Gasteiger partial charge is 0.0547 e. The number of nitrogens with one attached hydrogen (secondary N) is 1. The predicted molar refractivity (Wildman–Crippen MR) is 89.4 cm³/mol. The van der Waals surface area contributed by atoms with E-state index in [2.05, 4.69) is 54.3 Å². The third kappa shape index (κ3) is 4.79. The van der Waals surface area contributed by atoms with Gasteiger partial charge in [0.1, 0.15) is 0 Å². The summed E-state index contributed by atoms with van der Waals surface area (Å²) in [5, 5.41) is 3.44. The SMILES string of the molecule is CCN(Cc1cccc(C)n1)CC1(CNC)CCCCC1. The molecule has 118 valence electrons. The fraction of sp³-hybridized carbons (Fsp3) is 0.722. The van der Waals surface area contributed by atoms with Gasteiger partial charge < -0.3 is 5.32 Å². The maximum atomic E-state index is 4.67. The van der Waals surface area contributed by atoms with Crippen molar-refractivity contribution >= 4 is 0 Å². The maximum Gasteiger partial charge on any atom is 0.0547 e. The first-order valence-electron chi connectivity index (χ1n) is 8.47. The summed E-state index contributed by atoms with van der Waals surface area (Å²) >= 11 is 0. The summed E-state index contributed by atoms with van der Waals surface area (Å²) < 4.78 is 0. The molecule has 0 amide bonds. The average Bonchev–Trinajstić information content (AvgIpc) is 2.48. The van der Waals surface area contributed by atoms with Gasteiger partial charge >= 0.3 is 0 Å². The van der Waals surface area contributed by atoms with Gasteiger partial charge in [0.05, 0.1) is 5.69 Å². The molecule has 1 heterocycles. The van der Waals surface area contributed by atoms with Crippen LogP contribution in [-0.2, 0) is 6.54 Å². The van der Waals surface area contributed by atoms with Crippen molar-refractivity contribution in [3.05, 3.63) is 29.6 Å². The number of hydrogen-bond donors (Lipinski definition) is 1. The second kappa shape index (κ2) is 7.90. The number of hydrogen-bond acceptors (Lipinski definition) is 3. The van der Waals surface area contributed by atoms with E-state index in [1.165, 1.54) is 44.3 Å². The van der Waals surface area contributed by atoms with Crippen molar-refractivity contribution in [1.82, 2.24) is 15.2 Å². The molecule has 3 nitrogen and oxygen atoms in total. The van der Waals surface area contributed by atoms with Gasteiger partial charge in [0, 0.05) is 25.3 Å². The number of nitrogens with zero attached hydrogens (tertiary/aromatic N) is 2. The van der Waals surface area contributed by atoms with E-state index in [4.69, 9.17) is 0 Å². The molecule has 0 atom stereocenters. The lowest BCUT2D eigenvalue weighted by Gasteiger charge is -2.41. The Morgan fingerprint density at radius 1 is 1.24 bits per heavy atom. The van der Waals surface area contributed by atoms with Gasteiger partial charge in [-0.25, -0.2) is 0 Å². The first-order chi connectivity index (χ1) is 10.2. The standard InChI is InChI=1S/C18H31N3/c1-4-21(13-17-10-8-9-16(2)20-17)15-18(14-19-3)11-6-5-7-12-18/h8-10,19H,4-7,11-15H2,1-3H3. The molecule has 0 unspecified atom stereocenters. The van der Waals surface area contributed by atoms with Crippen LogP contribution in [0.25, 0.3) is 0 Å². The van der Waals surface area contributed by atoms with Crippen molar-refractivity contribution < 1.29 is 0 Å². The van der Waals surface area contributed by atoms with E-state index in [9.17, 15) is 0 Å². The molecule has 1 aliphatic carbocycles. The molecule has 0 spiro atoms. The molecule has 3 heteroatoms. The topological polar surface area (TPSA) is 28.2 Å². The summed E-state index contributed by atoms with van der Waals surface area (Å²) in [6, 6.07) is 6.35. The summed E-state index contributed by atoms with van der Waals surface area (Å²) in [5.74, 6) is 0. The van der Waals surface area contributed by atoms with E-state index in [0.29, 0.717) is 5.41 Å². The number of aromatic nitrogens is 1. The van der Waals surface area contributed by atoms with Gasteiger partial charge in [-0.15, -0.1) is 0 Å². The van der Waals surface area contributed by atoms with Crippen molar-refractivity contribution in [2.75, 3.05) is 26.7 Å². The third-order valence-corrected chi connectivity index (χ3v) is 4.80. The Balaban J connectivity index is 2.02. The zero-order valence-corrected chi connectivity index (χ0v) is 14.0. The van der Waals surface area contributed by atoms with Crippen LogP contribution in [0.1, 0.15) is 50.4 Å². The highest BCUT2D eigenvalue weighted by atomic mass is 15.1. The first-order valence-corrected chi connectivity index (χ1v) is 8.47. The van der Waals surface area contributed by atoms with Gasteiger partial charge in [-0.3, -0.25) is 9.88 Å². The highest BCUT2D eigenvalue weighted by molar-refractivity contribution is 5.10. The van der Waals surface area contributed by atoms with Crippen LogP contribution in [-0.4, -0.2) is 36.6 Å². The summed E-state index contributed by atoms with van der Waals surface area (Å²) in [4.78, 5) is 7.24. The molecule has 0 aromatic carbocycles. The molecule has 0 aliphatic heterocycles. The van der Waals surface area contributed by atoms with Crippen molar-refractivity contribution in [3.63, 3.8) is 0 Å². The van der Waals surface area contributed by atoms with Gasteiger partial charge in [0.25, 0.3) is 0 Å². The third-order valence-electron chi connectivity index (χ3n) is 4.80. The van der Waals surface area contributed by atoms with Crippen molar-refractivity contribution in [2.45, 2.75) is 52.5 Å². The molecule has 0 saturated heterocycles. The molecule has 1 aliphatic rings. The van der Waals surface area contributed by atoms with Crippen LogP contribution in [0.2, 0.25) is 0 Å². The summed E-state index contributed by atoms with van der Waals surface area (Å²) in [6.07, 6.45) is 6.93. The van der Waals surface area contributed by atoms with Crippen LogP contribution in [0.5, 0.6) is 0 Å². The highest BCUT2D eigenvalue weighted by Gasteiger charge is 2.33. The molecule has 1 N–H and O–H groups in total. The Morgan fingerprint density at radius 3 is 2.62 bits per heavy atom. The molecule has 0 bridgehead atoms. The molecule has 2 rings (SSSR count). The normalized spacial score (nSPS) is 18.1.